The number of anilines is 2. The number of carbonyl (C=O) groups is 1. The van der Waals surface area contributed by atoms with Crippen molar-refractivity contribution in [1.29, 1.82) is 0 Å². The van der Waals surface area contributed by atoms with Crippen molar-refractivity contribution in [2.45, 2.75) is 19.6 Å². The van der Waals surface area contributed by atoms with Crippen LogP contribution in [0, 0.1) is 0 Å². The standard InChI is InChI=1S/C22H19N7O2S/c1-13(21(23)30)31-18-4-2-3-16-20(18)22(26-12-25-16)28-15-5-6-17-14(9-15)10-27-29(17)11-19-24-7-8-32-19/h2-10,12-13H,11H2,1H3,(H2,23,30)(H,25,26,28)/t13-/m1/s1. The van der Waals surface area contributed by atoms with Crippen LogP contribution in [0.2, 0.25) is 0 Å². The largest absolute Gasteiger partial charge is 0.480 e. The molecular weight excluding hydrogens is 426 g/mol. The molecule has 3 aromatic heterocycles. The van der Waals surface area contributed by atoms with Gasteiger partial charge in [-0.2, -0.15) is 5.10 Å². The van der Waals surface area contributed by atoms with E-state index < -0.39 is 12.0 Å². The quantitative estimate of drug-likeness (QED) is 0.393. The minimum absolute atomic E-state index is 0.481. The number of nitrogens with two attached hydrogens (primary N) is 1. The van der Waals surface area contributed by atoms with Gasteiger partial charge in [0.2, 0.25) is 0 Å². The van der Waals surface area contributed by atoms with E-state index in [1.165, 1.54) is 6.33 Å². The number of ether oxygens (including phenoxy) is 1. The molecular formula is C22H19N7O2S. The lowest BCUT2D eigenvalue weighted by atomic mass is 10.2. The predicted molar refractivity (Wildman–Crippen MR) is 123 cm³/mol. The molecule has 2 aromatic carbocycles. The fourth-order valence-corrected chi connectivity index (χ4v) is 4.00. The molecule has 0 unspecified atom stereocenters. The number of amides is 1. The summed E-state index contributed by atoms with van der Waals surface area (Å²) >= 11 is 1.60. The Labute approximate surface area is 186 Å². The van der Waals surface area contributed by atoms with Crippen LogP contribution in [-0.2, 0) is 11.3 Å². The van der Waals surface area contributed by atoms with E-state index in [9.17, 15) is 4.79 Å². The number of fused-ring (bicyclic) bond motifs is 2. The van der Waals surface area contributed by atoms with Gasteiger partial charge in [-0.1, -0.05) is 6.07 Å². The maximum atomic E-state index is 11.5. The molecule has 0 aliphatic heterocycles. The van der Waals surface area contributed by atoms with Crippen LogP contribution in [0.3, 0.4) is 0 Å². The second-order valence-corrected chi connectivity index (χ2v) is 8.14. The fraction of sp³-hybridized carbons (Fsp3) is 0.136. The Kier molecular flexibility index (Phi) is 5.12. The molecule has 5 rings (SSSR count). The highest BCUT2D eigenvalue weighted by Gasteiger charge is 2.16. The van der Waals surface area contributed by atoms with E-state index in [1.54, 1.807) is 30.5 Å². The molecule has 5 aromatic rings. The summed E-state index contributed by atoms with van der Waals surface area (Å²) in [5.41, 5.74) is 7.90. The number of carbonyl (C=O) groups excluding carboxylic acids is 1. The second-order valence-electron chi connectivity index (χ2n) is 7.16. The van der Waals surface area contributed by atoms with E-state index in [1.807, 2.05) is 46.6 Å². The third kappa shape index (κ3) is 3.83. The topological polar surface area (TPSA) is 121 Å². The molecule has 3 N–H and O–H groups in total. The number of nitrogens with zero attached hydrogens (tertiary/aromatic N) is 5. The van der Waals surface area contributed by atoms with Crippen molar-refractivity contribution < 1.29 is 9.53 Å². The van der Waals surface area contributed by atoms with Crippen LogP contribution >= 0.6 is 11.3 Å². The summed E-state index contributed by atoms with van der Waals surface area (Å²) in [5, 5.41) is 12.5. The molecule has 0 spiro atoms. The lowest BCUT2D eigenvalue weighted by molar-refractivity contribution is -0.123. The number of hydrogen-bond acceptors (Lipinski definition) is 8. The van der Waals surface area contributed by atoms with Gasteiger partial charge in [0, 0.05) is 22.7 Å². The Hall–Kier alpha value is -4.05. The maximum Gasteiger partial charge on any atom is 0.258 e. The molecule has 32 heavy (non-hydrogen) atoms. The van der Waals surface area contributed by atoms with Crippen LogP contribution in [0.25, 0.3) is 21.8 Å². The molecule has 1 atom stereocenters. The number of benzene rings is 2. The van der Waals surface area contributed by atoms with Crippen LogP contribution < -0.4 is 15.8 Å². The van der Waals surface area contributed by atoms with Crippen LogP contribution in [-0.4, -0.2) is 36.7 Å². The normalized spacial score (nSPS) is 12.2. The molecule has 0 saturated carbocycles. The van der Waals surface area contributed by atoms with Crippen LogP contribution in [0.15, 0.2) is 60.5 Å². The fourth-order valence-electron chi connectivity index (χ4n) is 3.41. The first-order valence-corrected chi connectivity index (χ1v) is 10.8. The Morgan fingerprint density at radius 2 is 2.16 bits per heavy atom. The summed E-state index contributed by atoms with van der Waals surface area (Å²) in [7, 11) is 0. The van der Waals surface area contributed by atoms with Crippen LogP contribution in [0.1, 0.15) is 11.9 Å². The number of rotatable bonds is 7. The molecule has 0 aliphatic carbocycles. The number of primary amides is 1. The van der Waals surface area contributed by atoms with Gasteiger partial charge in [0.05, 0.1) is 29.2 Å². The molecule has 0 saturated heterocycles. The van der Waals surface area contributed by atoms with Crippen molar-refractivity contribution in [3.63, 3.8) is 0 Å². The van der Waals surface area contributed by atoms with E-state index in [4.69, 9.17) is 10.5 Å². The van der Waals surface area contributed by atoms with E-state index in [0.29, 0.717) is 29.0 Å². The number of aromatic nitrogens is 5. The summed E-state index contributed by atoms with van der Waals surface area (Å²) in [4.78, 5) is 24.5. The summed E-state index contributed by atoms with van der Waals surface area (Å²) in [6, 6.07) is 11.4. The van der Waals surface area contributed by atoms with E-state index >= 15 is 0 Å². The lowest BCUT2D eigenvalue weighted by Gasteiger charge is -2.15. The molecule has 160 valence electrons. The Balaban J connectivity index is 1.48. The van der Waals surface area contributed by atoms with E-state index in [2.05, 4.69) is 25.4 Å². The molecule has 10 heteroatoms. The van der Waals surface area contributed by atoms with Gasteiger partial charge in [-0.25, -0.2) is 15.0 Å². The monoisotopic (exact) mass is 445 g/mol. The lowest BCUT2D eigenvalue weighted by Crippen LogP contribution is -2.30. The van der Waals surface area contributed by atoms with Gasteiger partial charge in [-0.05, 0) is 37.3 Å². The highest BCUT2D eigenvalue weighted by Crippen LogP contribution is 2.32. The Bertz CT molecular complexity index is 1410. The first kappa shape index (κ1) is 19.9. The third-order valence-electron chi connectivity index (χ3n) is 5.00. The smallest absolute Gasteiger partial charge is 0.258 e. The van der Waals surface area contributed by atoms with Crippen molar-refractivity contribution in [3.8, 4) is 5.75 Å². The van der Waals surface area contributed by atoms with Gasteiger partial charge in [0.1, 0.15) is 22.9 Å². The highest BCUT2D eigenvalue weighted by molar-refractivity contribution is 7.09. The van der Waals surface area contributed by atoms with E-state index in [0.717, 1.165) is 21.6 Å². The average Bonchev–Trinajstić information content (AvgIpc) is 3.44. The van der Waals surface area contributed by atoms with Gasteiger partial charge < -0.3 is 15.8 Å². The average molecular weight is 446 g/mol. The summed E-state index contributed by atoms with van der Waals surface area (Å²) in [5.74, 6) is 0.500. The minimum Gasteiger partial charge on any atom is -0.480 e. The SMILES string of the molecule is C[C@@H](Oc1cccc2ncnc(Nc3ccc4c(cnn4Cc4nccs4)c3)c12)C(N)=O. The zero-order chi connectivity index (χ0) is 22.1. The van der Waals surface area contributed by atoms with Gasteiger partial charge in [-0.15, -0.1) is 11.3 Å². The molecule has 0 radical (unpaired) electrons. The molecule has 0 fully saturated rings. The van der Waals surface area contributed by atoms with Crippen LogP contribution in [0.4, 0.5) is 11.5 Å². The molecule has 0 bridgehead atoms. The Morgan fingerprint density at radius 3 is 2.97 bits per heavy atom. The zero-order valence-corrected chi connectivity index (χ0v) is 17.9. The number of hydrogen-bond donors (Lipinski definition) is 2. The van der Waals surface area contributed by atoms with Crippen LogP contribution in [0.5, 0.6) is 5.75 Å². The molecule has 0 aliphatic rings. The maximum absolute atomic E-state index is 11.5. The molecule has 3 heterocycles. The second kappa shape index (κ2) is 8.23. The first-order chi connectivity index (χ1) is 15.6. The molecule has 1 amide bonds. The van der Waals surface area contributed by atoms with Gasteiger partial charge in [-0.3, -0.25) is 9.48 Å². The third-order valence-corrected chi connectivity index (χ3v) is 5.77. The molecule has 9 nitrogen and oxygen atoms in total. The zero-order valence-electron chi connectivity index (χ0n) is 17.1. The summed E-state index contributed by atoms with van der Waals surface area (Å²) < 4.78 is 7.70. The van der Waals surface area contributed by atoms with Crippen molar-refractivity contribution in [3.05, 3.63) is 65.5 Å². The Morgan fingerprint density at radius 1 is 1.25 bits per heavy atom. The first-order valence-electron chi connectivity index (χ1n) is 9.89. The highest BCUT2D eigenvalue weighted by atomic mass is 32.1. The van der Waals surface area contributed by atoms with Crippen molar-refractivity contribution in [2.75, 3.05) is 5.32 Å². The summed E-state index contributed by atoms with van der Waals surface area (Å²) in [6.07, 6.45) is 4.32. The van der Waals surface area contributed by atoms with Crippen molar-refractivity contribution in [2.24, 2.45) is 5.73 Å². The van der Waals surface area contributed by atoms with Gasteiger partial charge in [0.25, 0.3) is 5.91 Å². The van der Waals surface area contributed by atoms with E-state index in [-0.39, 0.29) is 0 Å². The minimum atomic E-state index is -0.784. The van der Waals surface area contributed by atoms with Crippen molar-refractivity contribution in [1.82, 2.24) is 24.7 Å². The number of nitrogens with one attached hydrogen (secondary N) is 1. The summed E-state index contributed by atoms with van der Waals surface area (Å²) in [6.45, 7) is 2.23. The van der Waals surface area contributed by atoms with Gasteiger partial charge >= 0.3 is 0 Å². The van der Waals surface area contributed by atoms with Crippen molar-refractivity contribution >= 4 is 50.6 Å². The predicted octanol–water partition coefficient (Wildman–Crippen LogP) is 3.48. The van der Waals surface area contributed by atoms with Gasteiger partial charge in [0.15, 0.2) is 6.10 Å². The number of thiazole rings is 1.